The third-order valence-electron chi connectivity index (χ3n) is 3.31. The van der Waals surface area contributed by atoms with Crippen LogP contribution in [-0.4, -0.2) is 25.8 Å². The largest absolute Gasteiger partial charge is 0.493 e. The van der Waals surface area contributed by atoms with Gasteiger partial charge in [-0.3, -0.25) is 4.79 Å². The van der Waals surface area contributed by atoms with Gasteiger partial charge in [-0.05, 0) is 47.9 Å². The number of benzene rings is 2. The molecule has 0 unspecified atom stereocenters. The molecule has 0 aromatic heterocycles. The highest BCUT2D eigenvalue weighted by atomic mass is 35.5. The molecule has 0 saturated heterocycles. The van der Waals surface area contributed by atoms with Gasteiger partial charge in [-0.1, -0.05) is 37.0 Å². The summed E-state index contributed by atoms with van der Waals surface area (Å²) in [5.41, 5.74) is 3.43. The maximum absolute atomic E-state index is 12.1. The van der Waals surface area contributed by atoms with Gasteiger partial charge in [-0.2, -0.15) is 5.10 Å². The van der Waals surface area contributed by atoms with Crippen LogP contribution >= 0.6 is 23.2 Å². The summed E-state index contributed by atoms with van der Waals surface area (Å²) in [4.78, 5) is 12.1. The van der Waals surface area contributed by atoms with Gasteiger partial charge in [0.25, 0.3) is 5.91 Å². The first kappa shape index (κ1) is 20.1. The molecule has 0 atom stereocenters. The minimum atomic E-state index is -0.447. The number of ether oxygens (including phenoxy) is 2. The third kappa shape index (κ3) is 5.64. The zero-order valence-electron chi connectivity index (χ0n) is 14.8. The third-order valence-corrected chi connectivity index (χ3v) is 3.88. The highest BCUT2D eigenvalue weighted by molar-refractivity contribution is 6.35. The highest BCUT2D eigenvalue weighted by Gasteiger charge is 2.10. The molecule has 1 N–H and O–H groups in total. The fourth-order valence-electron chi connectivity index (χ4n) is 2.04. The number of nitrogens with one attached hydrogen (secondary N) is 1. The predicted molar refractivity (Wildman–Crippen MR) is 105 cm³/mol. The lowest BCUT2D eigenvalue weighted by Gasteiger charge is -2.12. The van der Waals surface area contributed by atoms with E-state index in [4.69, 9.17) is 32.7 Å². The molecule has 7 heteroatoms. The first-order chi connectivity index (χ1) is 12.4. The Hall–Kier alpha value is -2.24. The van der Waals surface area contributed by atoms with Crippen molar-refractivity contribution in [2.45, 2.75) is 13.8 Å². The van der Waals surface area contributed by atoms with Crippen molar-refractivity contribution in [3.63, 3.8) is 0 Å². The Balaban J connectivity index is 2.05. The minimum absolute atomic E-state index is 0.256. The lowest BCUT2D eigenvalue weighted by atomic mass is 10.2. The molecule has 5 nitrogen and oxygen atoms in total. The zero-order valence-corrected chi connectivity index (χ0v) is 16.3. The van der Waals surface area contributed by atoms with Gasteiger partial charge < -0.3 is 9.47 Å². The summed E-state index contributed by atoms with van der Waals surface area (Å²) in [5.74, 6) is 1.22. The zero-order chi connectivity index (χ0) is 19.1. The minimum Gasteiger partial charge on any atom is -0.493 e. The summed E-state index contributed by atoms with van der Waals surface area (Å²) >= 11 is 11.9. The number of hydrogen-bond acceptors (Lipinski definition) is 4. The first-order valence-corrected chi connectivity index (χ1v) is 8.75. The quantitative estimate of drug-likeness (QED) is 0.541. The summed E-state index contributed by atoms with van der Waals surface area (Å²) in [6.07, 6.45) is 1.51. The van der Waals surface area contributed by atoms with Crippen LogP contribution in [0.25, 0.3) is 0 Å². The fourth-order valence-corrected chi connectivity index (χ4v) is 2.41. The molecule has 0 saturated carbocycles. The topological polar surface area (TPSA) is 59.9 Å². The van der Waals surface area contributed by atoms with E-state index in [2.05, 4.69) is 24.4 Å². The molecule has 0 aliphatic rings. The smallest absolute Gasteiger partial charge is 0.272 e. The maximum Gasteiger partial charge on any atom is 0.272 e. The van der Waals surface area contributed by atoms with E-state index in [0.717, 1.165) is 5.56 Å². The number of nitrogens with zero attached hydrogens (tertiary/aromatic N) is 1. The second-order valence-corrected chi connectivity index (χ2v) is 6.78. The fraction of sp³-hybridized carbons (Fsp3) is 0.263. The number of hydrazone groups is 1. The monoisotopic (exact) mass is 394 g/mol. The number of amides is 1. The van der Waals surface area contributed by atoms with Crippen molar-refractivity contribution in [1.82, 2.24) is 5.43 Å². The van der Waals surface area contributed by atoms with E-state index in [1.165, 1.54) is 12.3 Å². The van der Waals surface area contributed by atoms with E-state index in [0.29, 0.717) is 34.1 Å². The van der Waals surface area contributed by atoms with Crippen LogP contribution in [0.2, 0.25) is 10.0 Å². The number of hydrogen-bond donors (Lipinski definition) is 1. The van der Waals surface area contributed by atoms with Crippen molar-refractivity contribution in [3.05, 3.63) is 57.6 Å². The van der Waals surface area contributed by atoms with Crippen molar-refractivity contribution >= 4 is 35.3 Å². The summed E-state index contributed by atoms with van der Waals surface area (Å²) in [7, 11) is 1.57. The number of methoxy groups -OCH3 is 1. The van der Waals surface area contributed by atoms with E-state index >= 15 is 0 Å². The molecule has 0 aliphatic heterocycles. The summed E-state index contributed by atoms with van der Waals surface area (Å²) in [5, 5.41) is 4.67. The number of halogens is 2. The average molecular weight is 395 g/mol. The van der Waals surface area contributed by atoms with Crippen molar-refractivity contribution < 1.29 is 14.3 Å². The molecule has 26 heavy (non-hydrogen) atoms. The Morgan fingerprint density at radius 1 is 1.19 bits per heavy atom. The number of carbonyl (C=O) groups is 1. The Morgan fingerprint density at radius 3 is 2.65 bits per heavy atom. The van der Waals surface area contributed by atoms with Crippen molar-refractivity contribution in [1.29, 1.82) is 0 Å². The molecule has 2 aromatic rings. The van der Waals surface area contributed by atoms with Crippen molar-refractivity contribution in [2.75, 3.05) is 13.7 Å². The standard InChI is InChI=1S/C19H20Cl2N2O3/c1-12(2)11-26-17-7-4-13(8-18(17)25-3)10-22-23-19(24)15-9-14(20)5-6-16(15)21/h4-10,12H,11H2,1-3H3,(H,23,24)/b22-10-. The van der Waals surface area contributed by atoms with Gasteiger partial charge in [0, 0.05) is 5.02 Å². The second kappa shape index (κ2) is 9.46. The van der Waals surface area contributed by atoms with Crippen molar-refractivity contribution in [2.24, 2.45) is 11.0 Å². The van der Waals surface area contributed by atoms with Crippen LogP contribution in [0.4, 0.5) is 0 Å². The summed E-state index contributed by atoms with van der Waals surface area (Å²) < 4.78 is 11.0. The van der Waals surface area contributed by atoms with Gasteiger partial charge in [-0.15, -0.1) is 0 Å². The van der Waals surface area contributed by atoms with E-state index in [9.17, 15) is 4.79 Å². The Morgan fingerprint density at radius 2 is 1.96 bits per heavy atom. The number of carbonyl (C=O) groups excluding carboxylic acids is 1. The van der Waals surface area contributed by atoms with Crippen LogP contribution in [0.3, 0.4) is 0 Å². The summed E-state index contributed by atoms with van der Waals surface area (Å²) in [6, 6.07) is 10.1. The normalized spacial score (nSPS) is 11.0. The van der Waals surface area contributed by atoms with Crippen LogP contribution in [0.1, 0.15) is 29.8 Å². The molecule has 0 bridgehead atoms. The van der Waals surface area contributed by atoms with Gasteiger partial charge in [0.15, 0.2) is 11.5 Å². The van der Waals surface area contributed by atoms with Gasteiger partial charge in [0.05, 0.1) is 30.5 Å². The van der Waals surface area contributed by atoms with Crippen LogP contribution in [-0.2, 0) is 0 Å². The summed E-state index contributed by atoms with van der Waals surface area (Å²) in [6.45, 7) is 4.74. The van der Waals surface area contributed by atoms with Crippen LogP contribution in [0.5, 0.6) is 11.5 Å². The lowest BCUT2D eigenvalue weighted by Crippen LogP contribution is -2.18. The Bertz CT molecular complexity index is 807. The number of rotatable bonds is 7. The average Bonchev–Trinajstić information content (AvgIpc) is 2.62. The second-order valence-electron chi connectivity index (χ2n) is 5.94. The molecule has 0 radical (unpaired) electrons. The SMILES string of the molecule is COc1cc(/C=N\NC(=O)c2cc(Cl)ccc2Cl)ccc1OCC(C)C. The van der Waals surface area contributed by atoms with Crippen molar-refractivity contribution in [3.8, 4) is 11.5 Å². The molecule has 0 aliphatic carbocycles. The Kier molecular flexibility index (Phi) is 7.30. The van der Waals surface area contributed by atoms with Crippen LogP contribution in [0, 0.1) is 5.92 Å². The lowest BCUT2D eigenvalue weighted by molar-refractivity contribution is 0.0955. The highest BCUT2D eigenvalue weighted by Crippen LogP contribution is 2.28. The Labute approximate surface area is 162 Å². The molecule has 0 heterocycles. The van der Waals surface area contributed by atoms with Gasteiger partial charge >= 0.3 is 0 Å². The molecule has 2 aromatic carbocycles. The van der Waals surface area contributed by atoms with E-state index in [-0.39, 0.29) is 5.56 Å². The molecule has 2 rings (SSSR count). The van der Waals surface area contributed by atoms with E-state index < -0.39 is 5.91 Å². The van der Waals surface area contributed by atoms with Gasteiger partial charge in [-0.25, -0.2) is 5.43 Å². The maximum atomic E-state index is 12.1. The molecule has 1 amide bonds. The van der Waals surface area contributed by atoms with Crippen LogP contribution in [0.15, 0.2) is 41.5 Å². The predicted octanol–water partition coefficient (Wildman–Crippen LogP) is 4.80. The van der Waals surface area contributed by atoms with E-state index in [1.807, 2.05) is 6.07 Å². The molecule has 0 fully saturated rings. The molecule has 138 valence electrons. The van der Waals surface area contributed by atoms with E-state index in [1.54, 1.807) is 31.4 Å². The molecular formula is C19H20Cl2N2O3. The van der Waals surface area contributed by atoms with Crippen LogP contribution < -0.4 is 14.9 Å². The molecule has 0 spiro atoms. The molecular weight excluding hydrogens is 375 g/mol. The van der Waals surface area contributed by atoms with Gasteiger partial charge in [0.2, 0.25) is 0 Å². The first-order valence-electron chi connectivity index (χ1n) is 8.00. The van der Waals surface area contributed by atoms with Gasteiger partial charge in [0.1, 0.15) is 0 Å².